The van der Waals surface area contributed by atoms with Crippen molar-refractivity contribution in [2.24, 2.45) is 0 Å². The summed E-state index contributed by atoms with van der Waals surface area (Å²) < 4.78 is 1.60. The van der Waals surface area contributed by atoms with Crippen LogP contribution in [-0.2, 0) is 0 Å². The molecule has 0 saturated carbocycles. The van der Waals surface area contributed by atoms with Crippen molar-refractivity contribution in [3.8, 4) is 0 Å². The summed E-state index contributed by atoms with van der Waals surface area (Å²) in [4.78, 5) is 12.6. The molecule has 2 aromatic heterocycles. The zero-order valence-electron chi connectivity index (χ0n) is 12.0. The van der Waals surface area contributed by atoms with E-state index in [1.54, 1.807) is 10.7 Å². The fraction of sp³-hybridized carbons (Fsp3) is 0. The molecule has 0 saturated heterocycles. The number of benzene rings is 2. The summed E-state index contributed by atoms with van der Waals surface area (Å²) in [6.45, 7) is 0. The number of hydrogen-bond donors (Lipinski definition) is 1. The van der Waals surface area contributed by atoms with Gasteiger partial charge in [-0.3, -0.25) is 4.79 Å². The molecule has 112 valence electrons. The van der Waals surface area contributed by atoms with Crippen LogP contribution in [0, 0.1) is 0 Å². The highest BCUT2D eigenvalue weighted by atomic mass is 35.5. The third-order valence-corrected chi connectivity index (χ3v) is 4.11. The Morgan fingerprint density at radius 2 is 1.78 bits per heavy atom. The molecule has 0 aliphatic carbocycles. The molecule has 0 aliphatic heterocycles. The molecule has 0 fully saturated rings. The van der Waals surface area contributed by atoms with Crippen LogP contribution in [0.5, 0.6) is 0 Å². The maximum Gasteiger partial charge on any atom is 0.277 e. The van der Waals surface area contributed by atoms with Crippen molar-refractivity contribution in [1.82, 2.24) is 9.61 Å². The van der Waals surface area contributed by atoms with Crippen LogP contribution < -0.4 is 5.32 Å². The molecule has 0 radical (unpaired) electrons. The lowest BCUT2D eigenvalue weighted by molar-refractivity contribution is 0.102. The van der Waals surface area contributed by atoms with E-state index < -0.39 is 0 Å². The predicted octanol–water partition coefficient (Wildman–Crippen LogP) is 4.39. The van der Waals surface area contributed by atoms with Crippen LogP contribution in [0.1, 0.15) is 10.5 Å². The first-order valence-corrected chi connectivity index (χ1v) is 7.54. The van der Waals surface area contributed by atoms with Gasteiger partial charge in [-0.15, -0.1) is 0 Å². The maximum absolute atomic E-state index is 12.6. The summed E-state index contributed by atoms with van der Waals surface area (Å²) in [7, 11) is 0. The summed E-state index contributed by atoms with van der Waals surface area (Å²) in [6, 6.07) is 19.2. The fourth-order valence-corrected chi connectivity index (χ4v) is 2.90. The highest BCUT2D eigenvalue weighted by Crippen LogP contribution is 2.26. The van der Waals surface area contributed by atoms with E-state index in [1.807, 2.05) is 60.7 Å². The molecule has 4 nitrogen and oxygen atoms in total. The second kappa shape index (κ2) is 5.41. The number of carbonyl (C=O) groups excluding carboxylic acids is 1. The summed E-state index contributed by atoms with van der Waals surface area (Å²) in [5.41, 5.74) is 1.66. The molecule has 0 aliphatic rings. The zero-order valence-corrected chi connectivity index (χ0v) is 12.8. The van der Waals surface area contributed by atoms with E-state index >= 15 is 0 Å². The van der Waals surface area contributed by atoms with Crippen molar-refractivity contribution in [1.29, 1.82) is 0 Å². The topological polar surface area (TPSA) is 46.4 Å². The van der Waals surface area contributed by atoms with E-state index in [0.717, 1.165) is 16.5 Å². The number of aromatic nitrogens is 2. The van der Waals surface area contributed by atoms with E-state index in [9.17, 15) is 4.79 Å². The van der Waals surface area contributed by atoms with Gasteiger partial charge < -0.3 is 5.32 Å². The number of carbonyl (C=O) groups is 1. The normalized spacial score (nSPS) is 11.0. The van der Waals surface area contributed by atoms with Crippen LogP contribution in [-0.4, -0.2) is 15.5 Å². The average Bonchev–Trinajstić information content (AvgIpc) is 2.93. The quantitative estimate of drug-likeness (QED) is 0.595. The Balaban J connectivity index is 1.75. The first kappa shape index (κ1) is 13.8. The number of hydrogen-bond acceptors (Lipinski definition) is 2. The Hall–Kier alpha value is -2.85. The van der Waals surface area contributed by atoms with Crippen LogP contribution in [0.3, 0.4) is 0 Å². The molecule has 4 rings (SSSR count). The lowest BCUT2D eigenvalue weighted by atomic mass is 10.1. The van der Waals surface area contributed by atoms with Crippen molar-refractivity contribution < 1.29 is 4.79 Å². The number of fused-ring (bicyclic) bond motifs is 2. The second-order valence-electron chi connectivity index (χ2n) is 5.17. The Bertz CT molecular complexity index is 1030. The largest absolute Gasteiger partial charge is 0.320 e. The second-order valence-corrected chi connectivity index (χ2v) is 5.55. The number of nitrogens with one attached hydrogen (secondary N) is 1. The van der Waals surface area contributed by atoms with Crippen LogP contribution in [0.25, 0.3) is 16.3 Å². The van der Waals surface area contributed by atoms with Gasteiger partial charge in [-0.05, 0) is 23.6 Å². The minimum absolute atomic E-state index is 0.214. The van der Waals surface area contributed by atoms with Crippen LogP contribution in [0.2, 0.25) is 5.02 Å². The molecule has 0 atom stereocenters. The summed E-state index contributed by atoms with van der Waals surface area (Å²) >= 11 is 6.29. The van der Waals surface area contributed by atoms with Crippen molar-refractivity contribution >= 4 is 39.5 Å². The molecular formula is C18H12ClN3O. The summed E-state index contributed by atoms with van der Waals surface area (Å²) in [5.74, 6) is -0.324. The van der Waals surface area contributed by atoms with Gasteiger partial charge in [0.25, 0.3) is 5.91 Å². The molecule has 0 spiro atoms. The van der Waals surface area contributed by atoms with Crippen LogP contribution in [0.4, 0.5) is 5.69 Å². The van der Waals surface area contributed by atoms with E-state index in [0.29, 0.717) is 10.5 Å². The van der Waals surface area contributed by atoms with Crippen molar-refractivity contribution in [3.63, 3.8) is 0 Å². The molecule has 1 N–H and O–H groups in total. The van der Waals surface area contributed by atoms with E-state index in [2.05, 4.69) is 10.4 Å². The van der Waals surface area contributed by atoms with Crippen molar-refractivity contribution in [2.45, 2.75) is 0 Å². The minimum Gasteiger partial charge on any atom is -0.320 e. The van der Waals surface area contributed by atoms with Crippen molar-refractivity contribution in [2.75, 3.05) is 5.32 Å². The van der Waals surface area contributed by atoms with Gasteiger partial charge in [0.15, 0.2) is 5.69 Å². The van der Waals surface area contributed by atoms with Gasteiger partial charge in [0.05, 0.1) is 10.5 Å². The first-order chi connectivity index (χ1) is 11.2. The predicted molar refractivity (Wildman–Crippen MR) is 92.1 cm³/mol. The number of amides is 1. The lowest BCUT2D eigenvalue weighted by Crippen LogP contribution is -2.13. The zero-order chi connectivity index (χ0) is 15.8. The standard InChI is InChI=1S/C18H12ClN3O/c19-16-15-10-3-4-11-22(15)21-17(16)18(23)20-14-9-5-7-12-6-1-2-8-13(12)14/h1-11H,(H,20,23). The molecule has 2 heterocycles. The molecule has 5 heteroatoms. The van der Waals surface area contributed by atoms with E-state index in [4.69, 9.17) is 11.6 Å². The molecule has 0 unspecified atom stereocenters. The van der Waals surface area contributed by atoms with Gasteiger partial charge in [-0.2, -0.15) is 5.10 Å². The SMILES string of the molecule is O=C(Nc1cccc2ccccc12)c1nn2ccccc2c1Cl. The Labute approximate surface area is 137 Å². The van der Waals surface area contributed by atoms with Gasteiger partial charge >= 0.3 is 0 Å². The van der Waals surface area contributed by atoms with Gasteiger partial charge in [0.2, 0.25) is 0 Å². The number of halogens is 1. The molecule has 2 aromatic carbocycles. The molecule has 0 bridgehead atoms. The molecule has 23 heavy (non-hydrogen) atoms. The minimum atomic E-state index is -0.324. The highest BCUT2D eigenvalue weighted by Gasteiger charge is 2.18. The summed E-state index contributed by atoms with van der Waals surface area (Å²) in [5, 5.41) is 9.55. The molecular weight excluding hydrogens is 310 g/mol. The average molecular weight is 322 g/mol. The number of rotatable bonds is 2. The number of nitrogens with zero attached hydrogens (tertiary/aromatic N) is 2. The Morgan fingerprint density at radius 1 is 1.00 bits per heavy atom. The molecule has 1 amide bonds. The monoisotopic (exact) mass is 321 g/mol. The van der Waals surface area contributed by atoms with E-state index in [-0.39, 0.29) is 11.6 Å². The van der Waals surface area contributed by atoms with Gasteiger partial charge in [-0.1, -0.05) is 54.1 Å². The van der Waals surface area contributed by atoms with Gasteiger partial charge in [0.1, 0.15) is 0 Å². The lowest BCUT2D eigenvalue weighted by Gasteiger charge is -2.07. The highest BCUT2D eigenvalue weighted by molar-refractivity contribution is 6.37. The Morgan fingerprint density at radius 3 is 2.65 bits per heavy atom. The number of pyridine rings is 1. The smallest absolute Gasteiger partial charge is 0.277 e. The Kier molecular flexibility index (Phi) is 3.24. The van der Waals surface area contributed by atoms with Crippen LogP contribution in [0.15, 0.2) is 66.9 Å². The van der Waals surface area contributed by atoms with Crippen LogP contribution >= 0.6 is 11.6 Å². The third-order valence-electron chi connectivity index (χ3n) is 3.73. The maximum atomic E-state index is 12.6. The summed E-state index contributed by atoms with van der Waals surface area (Å²) in [6.07, 6.45) is 1.76. The van der Waals surface area contributed by atoms with E-state index in [1.165, 1.54) is 0 Å². The first-order valence-electron chi connectivity index (χ1n) is 7.16. The fourth-order valence-electron chi connectivity index (χ4n) is 2.63. The van der Waals surface area contributed by atoms with Gasteiger partial charge in [0, 0.05) is 17.3 Å². The van der Waals surface area contributed by atoms with Crippen molar-refractivity contribution in [3.05, 3.63) is 77.6 Å². The number of anilines is 1. The molecule has 4 aromatic rings. The third kappa shape index (κ3) is 2.33. The van der Waals surface area contributed by atoms with Gasteiger partial charge in [-0.25, -0.2) is 4.52 Å².